The predicted molar refractivity (Wildman–Crippen MR) is 80.7 cm³/mol. The number of benzene rings is 1. The van der Waals surface area contributed by atoms with Crippen LogP contribution in [0.2, 0.25) is 0 Å². The first-order valence-corrected chi connectivity index (χ1v) is 7.78. The van der Waals surface area contributed by atoms with E-state index in [1.807, 2.05) is 0 Å². The molecule has 0 radical (unpaired) electrons. The van der Waals surface area contributed by atoms with Gasteiger partial charge in [0.1, 0.15) is 6.61 Å². The lowest BCUT2D eigenvalue weighted by Gasteiger charge is -2.18. The van der Waals surface area contributed by atoms with Gasteiger partial charge in [0.25, 0.3) is 0 Å². The van der Waals surface area contributed by atoms with Gasteiger partial charge in [-0.3, -0.25) is 4.79 Å². The van der Waals surface area contributed by atoms with Crippen LogP contribution in [0.15, 0.2) is 24.3 Å². The van der Waals surface area contributed by atoms with Crippen molar-refractivity contribution in [3.63, 3.8) is 0 Å². The molecule has 4 heteroatoms. The molecule has 0 unspecified atom stereocenters. The number of hydrogen-bond acceptors (Lipinski definition) is 2. The maximum atomic E-state index is 13.4. The van der Waals surface area contributed by atoms with E-state index in [9.17, 15) is 9.18 Å². The summed E-state index contributed by atoms with van der Waals surface area (Å²) in [7, 11) is 1.78. The topological polar surface area (TPSA) is 29.5 Å². The van der Waals surface area contributed by atoms with E-state index in [-0.39, 0.29) is 17.5 Å². The lowest BCUT2D eigenvalue weighted by Crippen LogP contribution is -2.31. The van der Waals surface area contributed by atoms with Crippen LogP contribution in [-0.2, 0) is 4.79 Å². The summed E-state index contributed by atoms with van der Waals surface area (Å²) in [6.07, 6.45) is 6.77. The molecule has 0 N–H and O–H groups in total. The zero-order chi connectivity index (χ0) is 15.1. The van der Waals surface area contributed by atoms with Gasteiger partial charge in [-0.15, -0.1) is 0 Å². The van der Waals surface area contributed by atoms with Crippen LogP contribution in [0.25, 0.3) is 0 Å². The van der Waals surface area contributed by atoms with Gasteiger partial charge < -0.3 is 9.64 Å². The van der Waals surface area contributed by atoms with Crippen molar-refractivity contribution < 1.29 is 13.9 Å². The van der Waals surface area contributed by atoms with Crippen molar-refractivity contribution in [3.8, 4) is 5.75 Å². The molecule has 0 spiro atoms. The molecular weight excluding hydrogens is 269 g/mol. The van der Waals surface area contributed by atoms with Crippen LogP contribution in [0.3, 0.4) is 0 Å². The summed E-state index contributed by atoms with van der Waals surface area (Å²) in [5, 5.41) is 0. The van der Waals surface area contributed by atoms with Gasteiger partial charge in [0.15, 0.2) is 11.6 Å². The largest absolute Gasteiger partial charge is 0.489 e. The first-order valence-electron chi connectivity index (χ1n) is 7.78. The SMILES string of the molecule is CN(CCOc1ccccc1F)C(=O)CCC1CCCC1. The Labute approximate surface area is 126 Å². The van der Waals surface area contributed by atoms with Crippen LogP contribution in [0, 0.1) is 11.7 Å². The van der Waals surface area contributed by atoms with Gasteiger partial charge in [-0.2, -0.15) is 0 Å². The molecule has 1 aliphatic carbocycles. The molecule has 3 nitrogen and oxygen atoms in total. The average molecular weight is 293 g/mol. The summed E-state index contributed by atoms with van der Waals surface area (Å²) in [4.78, 5) is 13.7. The van der Waals surface area contributed by atoms with E-state index >= 15 is 0 Å². The molecule has 1 aromatic rings. The number of para-hydroxylation sites is 1. The summed E-state index contributed by atoms with van der Waals surface area (Å²) >= 11 is 0. The van der Waals surface area contributed by atoms with Crippen molar-refractivity contribution >= 4 is 5.91 Å². The zero-order valence-corrected chi connectivity index (χ0v) is 12.7. The molecule has 0 aliphatic heterocycles. The highest BCUT2D eigenvalue weighted by molar-refractivity contribution is 5.75. The molecule has 0 bridgehead atoms. The van der Waals surface area contributed by atoms with Gasteiger partial charge in [0.05, 0.1) is 6.54 Å². The van der Waals surface area contributed by atoms with Crippen LogP contribution < -0.4 is 4.74 Å². The Kier molecular flexibility index (Phi) is 6.03. The van der Waals surface area contributed by atoms with Gasteiger partial charge in [0.2, 0.25) is 5.91 Å². The van der Waals surface area contributed by atoms with Crippen LogP contribution in [0.4, 0.5) is 4.39 Å². The molecule has 1 aliphatic rings. The second-order valence-electron chi connectivity index (χ2n) is 5.78. The van der Waals surface area contributed by atoms with Crippen LogP contribution in [0.1, 0.15) is 38.5 Å². The fourth-order valence-electron chi connectivity index (χ4n) is 2.80. The van der Waals surface area contributed by atoms with Crippen LogP contribution in [0.5, 0.6) is 5.75 Å². The van der Waals surface area contributed by atoms with E-state index in [0.717, 1.165) is 12.3 Å². The summed E-state index contributed by atoms with van der Waals surface area (Å²) < 4.78 is 18.7. The number of nitrogens with zero attached hydrogens (tertiary/aromatic N) is 1. The highest BCUT2D eigenvalue weighted by atomic mass is 19.1. The van der Waals surface area contributed by atoms with E-state index in [0.29, 0.717) is 19.6 Å². The predicted octanol–water partition coefficient (Wildman–Crippen LogP) is 3.63. The van der Waals surface area contributed by atoms with E-state index in [2.05, 4.69) is 0 Å². The van der Waals surface area contributed by atoms with Crippen molar-refractivity contribution in [2.45, 2.75) is 38.5 Å². The molecule has 0 atom stereocenters. The van der Waals surface area contributed by atoms with Crippen molar-refractivity contribution in [1.82, 2.24) is 4.90 Å². The fourth-order valence-corrected chi connectivity index (χ4v) is 2.80. The number of likely N-dealkylation sites (N-methyl/N-ethyl adjacent to an activating group) is 1. The monoisotopic (exact) mass is 293 g/mol. The molecule has 0 saturated heterocycles. The standard InChI is InChI=1S/C17H24FNO2/c1-19(17(20)11-10-14-6-2-3-7-14)12-13-21-16-9-5-4-8-15(16)18/h4-5,8-9,14H,2-3,6-7,10-13H2,1H3. The number of ether oxygens (including phenoxy) is 1. The zero-order valence-electron chi connectivity index (χ0n) is 12.7. The first-order chi connectivity index (χ1) is 10.2. The molecule has 116 valence electrons. The Morgan fingerprint density at radius 3 is 2.76 bits per heavy atom. The molecular formula is C17H24FNO2. The molecule has 0 heterocycles. The van der Waals surface area contributed by atoms with Crippen LogP contribution >= 0.6 is 0 Å². The Morgan fingerprint density at radius 1 is 1.33 bits per heavy atom. The maximum absolute atomic E-state index is 13.4. The number of carbonyl (C=O) groups is 1. The molecule has 21 heavy (non-hydrogen) atoms. The third kappa shape index (κ3) is 5.03. The van der Waals surface area contributed by atoms with Gasteiger partial charge in [-0.05, 0) is 24.5 Å². The lowest BCUT2D eigenvalue weighted by molar-refractivity contribution is -0.130. The third-order valence-electron chi connectivity index (χ3n) is 4.19. The Balaban J connectivity index is 1.65. The normalized spacial score (nSPS) is 15.1. The molecule has 1 amide bonds. The summed E-state index contributed by atoms with van der Waals surface area (Å²) in [6.45, 7) is 0.796. The Hall–Kier alpha value is -1.58. The molecule has 0 aromatic heterocycles. The third-order valence-corrected chi connectivity index (χ3v) is 4.19. The van der Waals surface area contributed by atoms with Gasteiger partial charge in [-0.1, -0.05) is 37.8 Å². The van der Waals surface area contributed by atoms with E-state index in [1.165, 1.54) is 31.7 Å². The van der Waals surface area contributed by atoms with Crippen LogP contribution in [-0.4, -0.2) is 31.0 Å². The quantitative estimate of drug-likeness (QED) is 0.768. The molecule has 1 saturated carbocycles. The minimum atomic E-state index is -0.368. The second-order valence-corrected chi connectivity index (χ2v) is 5.78. The van der Waals surface area contributed by atoms with E-state index in [4.69, 9.17) is 4.74 Å². The summed E-state index contributed by atoms with van der Waals surface area (Å²) in [5.41, 5.74) is 0. The number of carbonyl (C=O) groups excluding carboxylic acids is 1. The maximum Gasteiger partial charge on any atom is 0.222 e. The van der Waals surface area contributed by atoms with Crippen molar-refractivity contribution in [2.24, 2.45) is 5.92 Å². The minimum absolute atomic E-state index is 0.152. The van der Waals surface area contributed by atoms with Gasteiger partial charge in [0, 0.05) is 13.5 Å². The number of amides is 1. The van der Waals surface area contributed by atoms with Gasteiger partial charge >= 0.3 is 0 Å². The lowest BCUT2D eigenvalue weighted by atomic mass is 10.0. The van der Waals surface area contributed by atoms with Crippen molar-refractivity contribution in [2.75, 3.05) is 20.2 Å². The summed E-state index contributed by atoms with van der Waals surface area (Å²) in [5.74, 6) is 0.757. The molecule has 1 aromatic carbocycles. The van der Waals surface area contributed by atoms with E-state index < -0.39 is 0 Å². The van der Waals surface area contributed by atoms with Crippen molar-refractivity contribution in [1.29, 1.82) is 0 Å². The molecule has 2 rings (SSSR count). The highest BCUT2D eigenvalue weighted by Crippen LogP contribution is 2.28. The molecule has 1 fully saturated rings. The van der Waals surface area contributed by atoms with Crippen molar-refractivity contribution in [3.05, 3.63) is 30.1 Å². The summed E-state index contributed by atoms with van der Waals surface area (Å²) in [6, 6.07) is 6.32. The average Bonchev–Trinajstić information content (AvgIpc) is 3.00. The minimum Gasteiger partial charge on any atom is -0.489 e. The first kappa shape index (κ1) is 15.8. The fraction of sp³-hybridized carbons (Fsp3) is 0.588. The number of rotatable bonds is 7. The highest BCUT2D eigenvalue weighted by Gasteiger charge is 2.17. The second kappa shape index (κ2) is 8.01. The Bertz CT molecular complexity index is 458. The van der Waals surface area contributed by atoms with E-state index in [1.54, 1.807) is 30.1 Å². The van der Waals surface area contributed by atoms with Gasteiger partial charge in [-0.25, -0.2) is 4.39 Å². The smallest absolute Gasteiger partial charge is 0.222 e. The number of halogens is 1. The Morgan fingerprint density at radius 2 is 2.05 bits per heavy atom. The number of hydrogen-bond donors (Lipinski definition) is 0.